The van der Waals surface area contributed by atoms with Gasteiger partial charge >= 0.3 is 0 Å². The van der Waals surface area contributed by atoms with Gasteiger partial charge in [-0.3, -0.25) is 4.79 Å². The Bertz CT molecular complexity index is 352. The molecule has 1 rings (SSSR count). The summed E-state index contributed by atoms with van der Waals surface area (Å²) in [6.45, 7) is 4.66. The normalized spacial score (nSPS) is 12.8. The predicted octanol–water partition coefficient (Wildman–Crippen LogP) is 2.91. The second-order valence-corrected chi connectivity index (χ2v) is 5.65. The van der Waals surface area contributed by atoms with Crippen LogP contribution in [0.3, 0.4) is 0 Å². The van der Waals surface area contributed by atoms with E-state index in [1.54, 1.807) is 7.11 Å². The Morgan fingerprint density at radius 1 is 1.62 bits per heavy atom. The van der Waals surface area contributed by atoms with E-state index in [-0.39, 0.29) is 11.9 Å². The molecule has 1 heterocycles. The molecule has 1 N–H and O–H groups in total. The van der Waals surface area contributed by atoms with E-state index >= 15 is 0 Å². The van der Waals surface area contributed by atoms with Gasteiger partial charge in [-0.25, -0.2) is 0 Å². The van der Waals surface area contributed by atoms with Gasteiger partial charge in [0, 0.05) is 11.6 Å². The predicted molar refractivity (Wildman–Crippen MR) is 70.0 cm³/mol. The Labute approximate surface area is 108 Å². The first-order valence-electron chi connectivity index (χ1n) is 5.09. The van der Waals surface area contributed by atoms with Crippen molar-refractivity contribution in [1.29, 1.82) is 0 Å². The van der Waals surface area contributed by atoms with Crippen LogP contribution in [0.15, 0.2) is 15.9 Å². The third-order valence-electron chi connectivity index (χ3n) is 2.29. The summed E-state index contributed by atoms with van der Waals surface area (Å²) in [4.78, 5) is 12.6. The number of nitrogens with one attached hydrogen (secondary N) is 1. The number of hydrogen-bond acceptors (Lipinski definition) is 3. The maximum Gasteiger partial charge on any atom is 0.262 e. The van der Waals surface area contributed by atoms with Crippen LogP contribution in [0.4, 0.5) is 0 Å². The van der Waals surface area contributed by atoms with Crippen LogP contribution >= 0.6 is 27.3 Å². The van der Waals surface area contributed by atoms with Crippen LogP contribution in [-0.4, -0.2) is 25.7 Å². The maximum atomic E-state index is 11.9. The Hall–Kier alpha value is -0.390. The number of hydrogen-bond donors (Lipinski definition) is 1. The summed E-state index contributed by atoms with van der Waals surface area (Å²) in [5.74, 6) is 0.306. The third-order valence-corrected chi connectivity index (χ3v) is 4.13. The molecule has 0 radical (unpaired) electrons. The van der Waals surface area contributed by atoms with Crippen molar-refractivity contribution < 1.29 is 9.53 Å². The van der Waals surface area contributed by atoms with Gasteiger partial charge in [-0.05, 0) is 33.3 Å². The Morgan fingerprint density at radius 2 is 2.31 bits per heavy atom. The molecule has 5 heteroatoms. The molecule has 0 bridgehead atoms. The molecule has 1 aromatic rings. The van der Waals surface area contributed by atoms with Gasteiger partial charge in [0.05, 0.1) is 12.6 Å². The standard InChI is InChI=1S/C11H16BrNO2S/c1-7(2)9(6-15-3)13-11(14)10-8(12)4-5-16-10/h4-5,7,9H,6H2,1-3H3,(H,13,14). The molecule has 0 saturated heterocycles. The van der Waals surface area contributed by atoms with E-state index in [9.17, 15) is 4.79 Å². The van der Waals surface area contributed by atoms with E-state index in [1.807, 2.05) is 11.4 Å². The Kier molecular flexibility index (Phi) is 5.44. The molecule has 0 spiro atoms. The van der Waals surface area contributed by atoms with Crippen LogP contribution in [0.5, 0.6) is 0 Å². The zero-order chi connectivity index (χ0) is 12.1. The second kappa shape index (κ2) is 6.37. The summed E-state index contributed by atoms with van der Waals surface area (Å²) in [5, 5.41) is 4.87. The summed E-state index contributed by atoms with van der Waals surface area (Å²) < 4.78 is 5.93. The van der Waals surface area contributed by atoms with E-state index in [0.29, 0.717) is 17.4 Å². The summed E-state index contributed by atoms with van der Waals surface area (Å²) in [6, 6.07) is 1.92. The molecule has 3 nitrogen and oxygen atoms in total. The number of halogens is 1. The van der Waals surface area contributed by atoms with Gasteiger partial charge in [-0.1, -0.05) is 13.8 Å². The molecule has 1 unspecified atom stereocenters. The highest BCUT2D eigenvalue weighted by atomic mass is 79.9. The summed E-state index contributed by atoms with van der Waals surface area (Å²) >= 11 is 4.78. The minimum atomic E-state index is -0.0439. The smallest absolute Gasteiger partial charge is 0.262 e. The summed E-state index contributed by atoms with van der Waals surface area (Å²) in [5.41, 5.74) is 0. The Morgan fingerprint density at radius 3 is 2.75 bits per heavy atom. The number of amides is 1. The molecular formula is C11H16BrNO2S. The number of ether oxygens (including phenoxy) is 1. The van der Waals surface area contributed by atoms with E-state index in [4.69, 9.17) is 4.74 Å². The van der Waals surface area contributed by atoms with Crippen molar-refractivity contribution in [2.45, 2.75) is 19.9 Å². The molecule has 0 fully saturated rings. The van der Waals surface area contributed by atoms with Gasteiger partial charge in [0.25, 0.3) is 5.91 Å². The lowest BCUT2D eigenvalue weighted by molar-refractivity contribution is 0.0870. The van der Waals surface area contributed by atoms with Crippen LogP contribution in [0.25, 0.3) is 0 Å². The molecule has 1 atom stereocenters. The number of rotatable bonds is 5. The Balaban J connectivity index is 2.65. The lowest BCUT2D eigenvalue weighted by atomic mass is 10.1. The topological polar surface area (TPSA) is 38.3 Å². The molecule has 1 amide bonds. The van der Waals surface area contributed by atoms with Crippen molar-refractivity contribution in [1.82, 2.24) is 5.32 Å². The zero-order valence-electron chi connectivity index (χ0n) is 9.62. The fourth-order valence-corrected chi connectivity index (χ4v) is 2.72. The van der Waals surface area contributed by atoms with Gasteiger partial charge in [-0.15, -0.1) is 11.3 Å². The average molecular weight is 306 g/mol. The fourth-order valence-electron chi connectivity index (χ4n) is 1.27. The number of methoxy groups -OCH3 is 1. The highest BCUT2D eigenvalue weighted by molar-refractivity contribution is 9.10. The van der Waals surface area contributed by atoms with Crippen LogP contribution in [-0.2, 0) is 4.74 Å². The van der Waals surface area contributed by atoms with Gasteiger partial charge in [0.15, 0.2) is 0 Å². The number of carbonyl (C=O) groups is 1. The quantitative estimate of drug-likeness (QED) is 0.908. The molecular weight excluding hydrogens is 290 g/mol. The molecule has 0 aromatic carbocycles. The minimum absolute atomic E-state index is 0.0439. The lowest BCUT2D eigenvalue weighted by Gasteiger charge is -2.21. The molecule has 0 aliphatic heterocycles. The van der Waals surface area contributed by atoms with Crippen molar-refractivity contribution in [3.8, 4) is 0 Å². The molecule has 0 aliphatic rings. The van der Waals surface area contributed by atoms with Crippen LogP contribution < -0.4 is 5.32 Å². The van der Waals surface area contributed by atoms with Crippen molar-refractivity contribution >= 4 is 33.2 Å². The van der Waals surface area contributed by atoms with Crippen LogP contribution in [0, 0.1) is 5.92 Å². The largest absolute Gasteiger partial charge is 0.383 e. The summed E-state index contributed by atoms with van der Waals surface area (Å²) in [7, 11) is 1.64. The summed E-state index contributed by atoms with van der Waals surface area (Å²) in [6.07, 6.45) is 0. The highest BCUT2D eigenvalue weighted by Gasteiger charge is 2.19. The van der Waals surface area contributed by atoms with Gasteiger partial charge < -0.3 is 10.1 Å². The van der Waals surface area contributed by atoms with Gasteiger partial charge in [-0.2, -0.15) is 0 Å². The minimum Gasteiger partial charge on any atom is -0.383 e. The molecule has 16 heavy (non-hydrogen) atoms. The van der Waals surface area contributed by atoms with Gasteiger partial charge in [0.1, 0.15) is 4.88 Å². The first kappa shape index (κ1) is 13.7. The van der Waals surface area contributed by atoms with Crippen LogP contribution in [0.2, 0.25) is 0 Å². The van der Waals surface area contributed by atoms with Gasteiger partial charge in [0.2, 0.25) is 0 Å². The zero-order valence-corrected chi connectivity index (χ0v) is 12.0. The first-order valence-corrected chi connectivity index (χ1v) is 6.76. The average Bonchev–Trinajstić information content (AvgIpc) is 2.63. The van der Waals surface area contributed by atoms with E-state index in [0.717, 1.165) is 4.47 Å². The highest BCUT2D eigenvalue weighted by Crippen LogP contribution is 2.22. The molecule has 0 aliphatic carbocycles. The first-order chi connectivity index (χ1) is 7.56. The molecule has 0 saturated carbocycles. The van der Waals surface area contributed by atoms with Crippen LogP contribution in [0.1, 0.15) is 23.5 Å². The SMILES string of the molecule is COCC(NC(=O)c1sccc1Br)C(C)C. The van der Waals surface area contributed by atoms with Crippen molar-refractivity contribution in [3.05, 3.63) is 20.8 Å². The lowest BCUT2D eigenvalue weighted by Crippen LogP contribution is -2.41. The van der Waals surface area contributed by atoms with E-state index in [1.165, 1.54) is 11.3 Å². The second-order valence-electron chi connectivity index (χ2n) is 3.88. The van der Waals surface area contributed by atoms with Crippen molar-refractivity contribution in [2.24, 2.45) is 5.92 Å². The monoisotopic (exact) mass is 305 g/mol. The van der Waals surface area contributed by atoms with E-state index < -0.39 is 0 Å². The van der Waals surface area contributed by atoms with Crippen molar-refractivity contribution in [3.63, 3.8) is 0 Å². The number of thiophene rings is 1. The van der Waals surface area contributed by atoms with E-state index in [2.05, 4.69) is 35.1 Å². The molecule has 1 aromatic heterocycles. The third kappa shape index (κ3) is 3.57. The fraction of sp³-hybridized carbons (Fsp3) is 0.545. The number of carbonyl (C=O) groups excluding carboxylic acids is 1. The maximum absolute atomic E-state index is 11.9. The molecule has 90 valence electrons. The van der Waals surface area contributed by atoms with Crippen molar-refractivity contribution in [2.75, 3.05) is 13.7 Å².